The highest BCUT2D eigenvalue weighted by Crippen LogP contribution is 2.37. The molecule has 7 nitrogen and oxygen atoms in total. The number of amides is 2. The van der Waals surface area contributed by atoms with Gasteiger partial charge >= 0.3 is 6.18 Å². The molecule has 0 saturated heterocycles. The molecule has 226 valence electrons. The van der Waals surface area contributed by atoms with Crippen LogP contribution in [0.25, 0.3) is 0 Å². The molecule has 3 aromatic carbocycles. The number of nitrogens with one attached hydrogen (secondary N) is 1. The third-order valence-electron chi connectivity index (χ3n) is 6.30. The van der Waals surface area contributed by atoms with Crippen LogP contribution in [-0.4, -0.2) is 44.3 Å². The first-order chi connectivity index (χ1) is 19.6. The minimum absolute atomic E-state index is 0.114. The summed E-state index contributed by atoms with van der Waals surface area (Å²) in [5.41, 5.74) is -1.22. The Balaban J connectivity index is 2.12. The average Bonchev–Trinajstić information content (AvgIpc) is 2.94. The Morgan fingerprint density at radius 3 is 2.12 bits per heavy atom. The lowest BCUT2D eigenvalue weighted by Crippen LogP contribution is -2.51. The van der Waals surface area contributed by atoms with Gasteiger partial charge in [0.2, 0.25) is 11.8 Å². The van der Waals surface area contributed by atoms with E-state index in [1.807, 2.05) is 13.8 Å². The van der Waals surface area contributed by atoms with Crippen molar-refractivity contribution in [2.75, 3.05) is 17.4 Å². The second-order valence-corrected chi connectivity index (χ2v) is 12.6. The number of nitrogens with zero attached hydrogens (tertiary/aromatic N) is 2. The zero-order chi connectivity index (χ0) is 31.2. The van der Waals surface area contributed by atoms with Gasteiger partial charge in [0.05, 0.1) is 21.2 Å². The lowest BCUT2D eigenvalue weighted by atomic mass is 10.1. The monoisotopic (exact) mass is 643 g/mol. The number of rotatable bonds is 11. The summed E-state index contributed by atoms with van der Waals surface area (Å²) >= 11 is 12.6. The van der Waals surface area contributed by atoms with E-state index in [4.69, 9.17) is 23.2 Å². The van der Waals surface area contributed by atoms with Crippen LogP contribution in [0.2, 0.25) is 10.0 Å². The first kappa shape index (κ1) is 33.2. The summed E-state index contributed by atoms with van der Waals surface area (Å²) in [5, 5.41) is 2.73. The molecule has 0 radical (unpaired) electrons. The lowest BCUT2D eigenvalue weighted by molar-refractivity contribution is -0.139. The van der Waals surface area contributed by atoms with Gasteiger partial charge in [0, 0.05) is 18.1 Å². The fourth-order valence-corrected chi connectivity index (χ4v) is 5.87. The van der Waals surface area contributed by atoms with Gasteiger partial charge < -0.3 is 10.2 Å². The van der Waals surface area contributed by atoms with Crippen LogP contribution in [0.15, 0.2) is 77.7 Å². The normalized spacial score (nSPS) is 12.6. The molecule has 0 aromatic heterocycles. The summed E-state index contributed by atoms with van der Waals surface area (Å²) in [6.45, 7) is 4.45. The maximum atomic E-state index is 13.9. The van der Waals surface area contributed by atoms with Gasteiger partial charge in [-0.25, -0.2) is 8.42 Å². The van der Waals surface area contributed by atoms with Crippen LogP contribution in [0.1, 0.15) is 31.9 Å². The average molecular weight is 645 g/mol. The van der Waals surface area contributed by atoms with Gasteiger partial charge in [-0.05, 0) is 54.8 Å². The minimum Gasteiger partial charge on any atom is -0.354 e. The smallest absolute Gasteiger partial charge is 0.354 e. The number of sulfonamides is 1. The van der Waals surface area contributed by atoms with Crippen molar-refractivity contribution in [3.05, 3.63) is 94.0 Å². The van der Waals surface area contributed by atoms with E-state index in [1.54, 1.807) is 30.3 Å². The molecule has 0 aliphatic rings. The van der Waals surface area contributed by atoms with E-state index in [9.17, 15) is 31.2 Å². The van der Waals surface area contributed by atoms with Crippen molar-refractivity contribution in [1.82, 2.24) is 10.2 Å². The highest BCUT2D eigenvalue weighted by atomic mass is 35.5. The number of anilines is 1. The van der Waals surface area contributed by atoms with Crippen LogP contribution in [0.3, 0.4) is 0 Å². The third kappa shape index (κ3) is 8.17. The number of alkyl halides is 3. The Morgan fingerprint density at radius 1 is 0.905 bits per heavy atom. The summed E-state index contributed by atoms with van der Waals surface area (Å²) in [5.74, 6) is -1.25. The molecule has 1 N–H and O–H groups in total. The largest absolute Gasteiger partial charge is 0.416 e. The Labute approximate surface area is 253 Å². The minimum atomic E-state index is -4.81. The predicted molar refractivity (Wildman–Crippen MR) is 157 cm³/mol. The maximum absolute atomic E-state index is 13.9. The van der Waals surface area contributed by atoms with Crippen molar-refractivity contribution in [2.45, 2.75) is 44.4 Å². The molecule has 0 fully saturated rings. The van der Waals surface area contributed by atoms with E-state index in [0.29, 0.717) is 33.6 Å². The number of hydrogen-bond donors (Lipinski definition) is 1. The predicted octanol–water partition coefficient (Wildman–Crippen LogP) is 6.40. The Kier molecular flexibility index (Phi) is 10.9. The first-order valence-corrected chi connectivity index (χ1v) is 15.1. The van der Waals surface area contributed by atoms with Crippen molar-refractivity contribution in [3.8, 4) is 0 Å². The Morgan fingerprint density at radius 2 is 1.52 bits per heavy atom. The van der Waals surface area contributed by atoms with Crippen molar-refractivity contribution in [3.63, 3.8) is 0 Å². The standard InChI is InChI=1S/C29H30Cl2F3N3O4S/c1-19(2)16-35-28(39)20(3)36(17-21-9-7-8-12-24(21)30)27(38)18-37(42(40,41)23-10-5-4-6-11-23)26-15-22(29(32,33)34)13-14-25(26)31/h4-15,19-20H,16-18H2,1-3H3,(H,35,39)/t20-/m1/s1. The van der Waals surface area contributed by atoms with Gasteiger partial charge in [0.25, 0.3) is 10.0 Å². The lowest BCUT2D eigenvalue weighted by Gasteiger charge is -2.32. The maximum Gasteiger partial charge on any atom is 0.416 e. The SMILES string of the molecule is CC(C)CNC(=O)[C@@H](C)N(Cc1ccccc1Cl)C(=O)CN(c1cc(C(F)(F)F)ccc1Cl)S(=O)(=O)c1ccccc1. The molecule has 1 atom stereocenters. The number of hydrogen-bond acceptors (Lipinski definition) is 4. The molecule has 0 aliphatic heterocycles. The molecule has 3 rings (SSSR count). The van der Waals surface area contributed by atoms with Crippen LogP contribution < -0.4 is 9.62 Å². The van der Waals surface area contributed by atoms with Gasteiger partial charge in [-0.3, -0.25) is 13.9 Å². The Bertz CT molecular complexity index is 1520. The van der Waals surface area contributed by atoms with Gasteiger partial charge in [-0.15, -0.1) is 0 Å². The molecule has 0 saturated carbocycles. The third-order valence-corrected chi connectivity index (χ3v) is 8.76. The summed E-state index contributed by atoms with van der Waals surface area (Å²) in [6, 6.07) is 14.6. The molecule has 0 bridgehead atoms. The van der Waals surface area contributed by atoms with Crippen molar-refractivity contribution < 1.29 is 31.2 Å². The molecule has 0 aliphatic carbocycles. The molecular weight excluding hydrogens is 614 g/mol. The van der Waals surface area contributed by atoms with Crippen molar-refractivity contribution in [1.29, 1.82) is 0 Å². The van der Waals surface area contributed by atoms with Crippen molar-refractivity contribution in [2.24, 2.45) is 5.92 Å². The topological polar surface area (TPSA) is 86.8 Å². The van der Waals surface area contributed by atoms with E-state index in [1.165, 1.54) is 31.2 Å². The molecule has 0 spiro atoms. The fourth-order valence-electron chi connectivity index (χ4n) is 3.96. The van der Waals surface area contributed by atoms with Crippen LogP contribution in [-0.2, 0) is 32.3 Å². The highest BCUT2D eigenvalue weighted by Gasteiger charge is 2.36. The van der Waals surface area contributed by atoms with E-state index in [2.05, 4.69) is 5.32 Å². The van der Waals surface area contributed by atoms with Gasteiger partial charge in [0.1, 0.15) is 12.6 Å². The van der Waals surface area contributed by atoms with Crippen LogP contribution in [0, 0.1) is 5.92 Å². The quantitative estimate of drug-likeness (QED) is 0.262. The summed E-state index contributed by atoms with van der Waals surface area (Å²) in [7, 11) is -4.61. The van der Waals surface area contributed by atoms with Crippen molar-refractivity contribution >= 4 is 50.7 Å². The van der Waals surface area contributed by atoms with Gasteiger partial charge in [-0.2, -0.15) is 13.2 Å². The van der Waals surface area contributed by atoms with Crippen LogP contribution in [0.5, 0.6) is 0 Å². The molecule has 2 amide bonds. The highest BCUT2D eigenvalue weighted by molar-refractivity contribution is 7.92. The summed E-state index contributed by atoms with van der Waals surface area (Å²) in [6.07, 6.45) is -4.81. The second-order valence-electron chi connectivity index (χ2n) is 9.92. The molecule has 42 heavy (non-hydrogen) atoms. The van der Waals surface area contributed by atoms with E-state index < -0.39 is 51.9 Å². The van der Waals surface area contributed by atoms with E-state index >= 15 is 0 Å². The van der Waals surface area contributed by atoms with Gasteiger partial charge in [0.15, 0.2) is 0 Å². The molecule has 13 heteroatoms. The number of carbonyl (C=O) groups is 2. The van der Waals surface area contributed by atoms with Crippen LogP contribution >= 0.6 is 23.2 Å². The number of halogens is 5. The number of benzene rings is 3. The molecule has 0 unspecified atom stereocenters. The molecule has 0 heterocycles. The summed E-state index contributed by atoms with van der Waals surface area (Å²) < 4.78 is 69.1. The zero-order valence-corrected chi connectivity index (χ0v) is 25.4. The van der Waals surface area contributed by atoms with E-state index in [-0.39, 0.29) is 22.4 Å². The first-order valence-electron chi connectivity index (χ1n) is 12.9. The van der Waals surface area contributed by atoms with E-state index in [0.717, 1.165) is 11.0 Å². The zero-order valence-electron chi connectivity index (χ0n) is 23.0. The molecular formula is C29H30Cl2F3N3O4S. The second kappa shape index (κ2) is 13.8. The van der Waals surface area contributed by atoms with Crippen LogP contribution in [0.4, 0.5) is 18.9 Å². The summed E-state index contributed by atoms with van der Waals surface area (Å²) in [4.78, 5) is 27.8. The molecule has 3 aromatic rings. The van der Waals surface area contributed by atoms with Gasteiger partial charge in [-0.1, -0.05) is 73.4 Å². The Hall–Kier alpha value is -3.28. The fraction of sp³-hybridized carbons (Fsp3) is 0.310. The number of carbonyl (C=O) groups excluding carboxylic acids is 2.